The van der Waals surface area contributed by atoms with Crippen LogP contribution in [0.1, 0.15) is 12.5 Å². The number of halogens is 1. The summed E-state index contributed by atoms with van der Waals surface area (Å²) in [6.07, 6.45) is -0.680. The molecule has 0 radical (unpaired) electrons. The minimum atomic E-state index is -0.680. The van der Waals surface area contributed by atoms with E-state index in [-0.39, 0.29) is 5.91 Å². The average molecular weight is 407 g/mol. The van der Waals surface area contributed by atoms with Crippen molar-refractivity contribution >= 4 is 34.3 Å². The summed E-state index contributed by atoms with van der Waals surface area (Å²) < 4.78 is 11.6. The van der Waals surface area contributed by atoms with Crippen molar-refractivity contribution in [3.05, 3.63) is 77.3 Å². The molecule has 29 heavy (non-hydrogen) atoms. The monoisotopic (exact) mass is 406 g/mol. The maximum Gasteiger partial charge on any atom is 0.265 e. The number of carbonyl (C=O) groups is 1. The first-order valence-electron chi connectivity index (χ1n) is 9.19. The van der Waals surface area contributed by atoms with Gasteiger partial charge in [0.15, 0.2) is 11.7 Å². The van der Waals surface area contributed by atoms with Crippen molar-refractivity contribution in [2.45, 2.75) is 20.0 Å². The van der Waals surface area contributed by atoms with E-state index in [9.17, 15) is 4.79 Å². The van der Waals surface area contributed by atoms with Crippen molar-refractivity contribution in [2.24, 2.45) is 0 Å². The smallest absolute Gasteiger partial charge is 0.265 e. The van der Waals surface area contributed by atoms with Gasteiger partial charge in [0.05, 0.1) is 0 Å². The molecule has 0 fully saturated rings. The molecule has 146 valence electrons. The summed E-state index contributed by atoms with van der Waals surface area (Å²) in [5.74, 6) is 0.899. The lowest BCUT2D eigenvalue weighted by Gasteiger charge is -2.16. The Morgan fingerprint density at radius 1 is 1.10 bits per heavy atom. The van der Waals surface area contributed by atoms with Crippen LogP contribution >= 0.6 is 11.6 Å². The van der Waals surface area contributed by atoms with Gasteiger partial charge in [-0.3, -0.25) is 4.79 Å². The van der Waals surface area contributed by atoms with Crippen LogP contribution in [0.5, 0.6) is 5.75 Å². The molecule has 5 nitrogen and oxygen atoms in total. The fraction of sp³-hybridized carbons (Fsp3) is 0.130. The second-order valence-corrected chi connectivity index (χ2v) is 7.16. The fourth-order valence-electron chi connectivity index (χ4n) is 2.94. The summed E-state index contributed by atoms with van der Waals surface area (Å²) in [4.78, 5) is 17.0. The molecular weight excluding hydrogens is 388 g/mol. The number of benzene rings is 3. The van der Waals surface area contributed by atoms with Gasteiger partial charge in [0.1, 0.15) is 11.3 Å². The molecule has 0 saturated carbocycles. The second kappa shape index (κ2) is 7.97. The predicted octanol–water partition coefficient (Wildman–Crippen LogP) is 5.86. The number of anilines is 1. The first kappa shape index (κ1) is 19.0. The quantitative estimate of drug-likeness (QED) is 0.450. The van der Waals surface area contributed by atoms with Crippen molar-refractivity contribution in [1.29, 1.82) is 0 Å². The predicted molar refractivity (Wildman–Crippen MR) is 114 cm³/mol. The van der Waals surface area contributed by atoms with Gasteiger partial charge in [0, 0.05) is 22.3 Å². The summed E-state index contributed by atoms with van der Waals surface area (Å²) in [5, 5.41) is 3.48. The molecule has 1 heterocycles. The van der Waals surface area contributed by atoms with Gasteiger partial charge in [-0.2, -0.15) is 0 Å². The number of nitrogens with one attached hydrogen (secondary N) is 1. The van der Waals surface area contributed by atoms with E-state index < -0.39 is 6.10 Å². The molecule has 0 spiro atoms. The minimum Gasteiger partial charge on any atom is -0.481 e. The Bertz CT molecular complexity index is 1170. The molecule has 1 aromatic heterocycles. The Labute approximate surface area is 173 Å². The molecule has 6 heteroatoms. The van der Waals surface area contributed by atoms with Crippen LogP contribution in [0.4, 0.5) is 5.69 Å². The zero-order valence-corrected chi connectivity index (χ0v) is 16.7. The van der Waals surface area contributed by atoms with Crippen LogP contribution in [-0.4, -0.2) is 17.0 Å². The molecule has 4 aromatic rings. The fourth-order valence-corrected chi connectivity index (χ4v) is 3.17. The molecule has 4 rings (SSSR count). The van der Waals surface area contributed by atoms with E-state index in [1.54, 1.807) is 37.3 Å². The third-order valence-electron chi connectivity index (χ3n) is 4.49. The first-order chi connectivity index (χ1) is 14.0. The molecule has 1 atom stereocenters. The maximum atomic E-state index is 12.5. The van der Waals surface area contributed by atoms with E-state index in [4.69, 9.17) is 20.8 Å². The lowest BCUT2D eigenvalue weighted by molar-refractivity contribution is -0.122. The molecule has 0 bridgehead atoms. The number of amides is 1. The number of hydrogen-bond acceptors (Lipinski definition) is 4. The van der Waals surface area contributed by atoms with Gasteiger partial charge in [0.25, 0.3) is 5.91 Å². The summed E-state index contributed by atoms with van der Waals surface area (Å²) in [6.45, 7) is 3.58. The summed E-state index contributed by atoms with van der Waals surface area (Å²) in [7, 11) is 0. The van der Waals surface area contributed by atoms with Crippen LogP contribution in [0.25, 0.3) is 22.6 Å². The van der Waals surface area contributed by atoms with Crippen LogP contribution in [0.3, 0.4) is 0 Å². The molecule has 1 amide bonds. The van der Waals surface area contributed by atoms with E-state index in [1.807, 2.05) is 43.3 Å². The first-order valence-corrected chi connectivity index (χ1v) is 9.57. The Morgan fingerprint density at radius 3 is 2.66 bits per heavy atom. The highest BCUT2D eigenvalue weighted by atomic mass is 35.5. The molecule has 0 unspecified atom stereocenters. The summed E-state index contributed by atoms with van der Waals surface area (Å²) >= 11 is 5.96. The zero-order valence-electron chi connectivity index (χ0n) is 16.0. The largest absolute Gasteiger partial charge is 0.481 e. The van der Waals surface area contributed by atoms with Crippen LogP contribution in [-0.2, 0) is 4.79 Å². The number of fused-ring (bicyclic) bond motifs is 1. The Balaban J connectivity index is 1.48. The SMILES string of the molecule is Cc1cc(Cl)ccc1O[C@H](C)C(=O)Nc1ccc2nc(-c3ccccc3)oc2c1. The summed E-state index contributed by atoms with van der Waals surface area (Å²) in [6, 6.07) is 20.3. The van der Waals surface area contributed by atoms with Gasteiger partial charge in [0.2, 0.25) is 5.89 Å². The van der Waals surface area contributed by atoms with Crippen LogP contribution < -0.4 is 10.1 Å². The van der Waals surface area contributed by atoms with Crippen molar-refractivity contribution in [1.82, 2.24) is 4.98 Å². The lowest BCUT2D eigenvalue weighted by Crippen LogP contribution is -2.30. The van der Waals surface area contributed by atoms with Crippen molar-refractivity contribution < 1.29 is 13.9 Å². The van der Waals surface area contributed by atoms with Gasteiger partial charge < -0.3 is 14.5 Å². The number of rotatable bonds is 5. The van der Waals surface area contributed by atoms with Gasteiger partial charge in [-0.25, -0.2) is 4.98 Å². The van der Waals surface area contributed by atoms with Crippen LogP contribution in [0, 0.1) is 6.92 Å². The average Bonchev–Trinajstić information content (AvgIpc) is 3.14. The standard InChI is InChI=1S/C23H19ClN2O3/c1-14-12-17(24)8-11-20(14)28-15(2)22(27)25-18-9-10-19-21(13-18)29-23(26-19)16-6-4-3-5-7-16/h3-13,15H,1-2H3,(H,25,27)/t15-/m1/s1. The molecule has 0 aliphatic carbocycles. The van der Waals surface area contributed by atoms with Crippen molar-refractivity contribution in [3.63, 3.8) is 0 Å². The molecule has 0 aliphatic heterocycles. The third kappa shape index (κ3) is 4.25. The molecule has 3 aromatic carbocycles. The van der Waals surface area contributed by atoms with Gasteiger partial charge >= 0.3 is 0 Å². The van der Waals surface area contributed by atoms with Gasteiger partial charge in [-0.15, -0.1) is 0 Å². The van der Waals surface area contributed by atoms with Crippen LogP contribution in [0.15, 0.2) is 71.1 Å². The van der Waals surface area contributed by atoms with Crippen LogP contribution in [0.2, 0.25) is 5.02 Å². The Morgan fingerprint density at radius 2 is 1.90 bits per heavy atom. The van der Waals surface area contributed by atoms with E-state index in [0.29, 0.717) is 27.9 Å². The normalized spacial score (nSPS) is 12.0. The number of hydrogen-bond donors (Lipinski definition) is 1. The van der Waals surface area contributed by atoms with Gasteiger partial charge in [-0.1, -0.05) is 29.8 Å². The molecule has 1 N–H and O–H groups in total. The molecule has 0 saturated heterocycles. The number of aryl methyl sites for hydroxylation is 1. The maximum absolute atomic E-state index is 12.5. The Hall–Kier alpha value is -3.31. The zero-order chi connectivity index (χ0) is 20.4. The molecule has 0 aliphatic rings. The number of carbonyl (C=O) groups excluding carboxylic acids is 1. The highest BCUT2D eigenvalue weighted by molar-refractivity contribution is 6.30. The van der Waals surface area contributed by atoms with E-state index in [1.165, 1.54) is 0 Å². The Kier molecular flexibility index (Phi) is 5.23. The number of ether oxygens (including phenoxy) is 1. The molecular formula is C23H19ClN2O3. The van der Waals surface area contributed by atoms with Crippen molar-refractivity contribution in [3.8, 4) is 17.2 Å². The van der Waals surface area contributed by atoms with E-state index in [0.717, 1.165) is 16.6 Å². The number of oxazole rings is 1. The lowest BCUT2D eigenvalue weighted by atomic mass is 10.2. The van der Waals surface area contributed by atoms with E-state index in [2.05, 4.69) is 10.3 Å². The summed E-state index contributed by atoms with van der Waals surface area (Å²) in [5.41, 5.74) is 3.71. The minimum absolute atomic E-state index is 0.263. The number of aromatic nitrogens is 1. The van der Waals surface area contributed by atoms with E-state index >= 15 is 0 Å². The third-order valence-corrected chi connectivity index (χ3v) is 4.72. The second-order valence-electron chi connectivity index (χ2n) is 6.73. The highest BCUT2D eigenvalue weighted by Gasteiger charge is 2.17. The topological polar surface area (TPSA) is 64.4 Å². The van der Waals surface area contributed by atoms with Crippen molar-refractivity contribution in [2.75, 3.05) is 5.32 Å². The van der Waals surface area contributed by atoms with Gasteiger partial charge in [-0.05, 0) is 61.9 Å². The number of nitrogens with zero attached hydrogens (tertiary/aromatic N) is 1. The highest BCUT2D eigenvalue weighted by Crippen LogP contribution is 2.27.